The third-order valence-electron chi connectivity index (χ3n) is 3.20. The second kappa shape index (κ2) is 6.11. The molecule has 1 N–H and O–H groups in total. The van der Waals surface area contributed by atoms with Gasteiger partial charge in [-0.3, -0.25) is 0 Å². The highest BCUT2D eigenvalue weighted by Gasteiger charge is 2.18. The van der Waals surface area contributed by atoms with E-state index < -0.39 is 0 Å². The van der Waals surface area contributed by atoms with Gasteiger partial charge in [0, 0.05) is 18.1 Å². The van der Waals surface area contributed by atoms with Gasteiger partial charge in [-0.15, -0.1) is 11.3 Å². The molecule has 0 aliphatic carbocycles. The highest BCUT2D eigenvalue weighted by atomic mass is 79.9. The zero-order valence-electron chi connectivity index (χ0n) is 11.1. The Balaban J connectivity index is 1.71. The molecule has 0 bridgehead atoms. The van der Waals surface area contributed by atoms with Crippen LogP contribution in [0.4, 0.5) is 0 Å². The maximum atomic E-state index is 5.44. The van der Waals surface area contributed by atoms with Crippen molar-refractivity contribution in [1.29, 1.82) is 0 Å². The molecule has 0 amide bonds. The van der Waals surface area contributed by atoms with Gasteiger partial charge >= 0.3 is 0 Å². The molecule has 6 heteroatoms. The minimum atomic E-state index is 0.291. The maximum Gasteiger partial charge on any atom is 0.231 e. The first kappa shape index (κ1) is 13.9. The van der Waals surface area contributed by atoms with Crippen LogP contribution in [-0.4, -0.2) is 11.8 Å². The first-order chi connectivity index (χ1) is 9.78. The monoisotopic (exact) mass is 354 g/mol. The van der Waals surface area contributed by atoms with Gasteiger partial charge in [-0.05, 0) is 40.0 Å². The summed E-state index contributed by atoms with van der Waals surface area (Å²) in [4.78, 5) is 4.38. The Morgan fingerprint density at radius 3 is 3.10 bits per heavy atom. The number of hydrogen-bond donors (Lipinski definition) is 1. The number of rotatable bonds is 5. The molecule has 1 aromatic carbocycles. The smallest absolute Gasteiger partial charge is 0.231 e. The maximum absolute atomic E-state index is 5.44. The molecule has 1 unspecified atom stereocenters. The predicted molar refractivity (Wildman–Crippen MR) is 82.3 cm³/mol. The van der Waals surface area contributed by atoms with Crippen LogP contribution in [0.15, 0.2) is 28.2 Å². The second-order valence-electron chi connectivity index (χ2n) is 4.52. The fraction of sp³-hybridized carbons (Fsp3) is 0.357. The summed E-state index contributed by atoms with van der Waals surface area (Å²) in [5, 5.41) is 6.68. The van der Waals surface area contributed by atoms with Crippen LogP contribution in [-0.2, 0) is 6.54 Å². The van der Waals surface area contributed by atoms with Crippen LogP contribution in [0.5, 0.6) is 11.5 Å². The van der Waals surface area contributed by atoms with Crippen molar-refractivity contribution >= 4 is 27.3 Å². The van der Waals surface area contributed by atoms with E-state index in [4.69, 9.17) is 9.47 Å². The van der Waals surface area contributed by atoms with Crippen LogP contribution < -0.4 is 14.8 Å². The van der Waals surface area contributed by atoms with E-state index in [2.05, 4.69) is 39.2 Å². The van der Waals surface area contributed by atoms with E-state index in [0.29, 0.717) is 12.8 Å². The molecule has 1 aliphatic rings. The molecule has 2 aromatic rings. The molecule has 4 nitrogen and oxygen atoms in total. The Morgan fingerprint density at radius 1 is 1.45 bits per heavy atom. The van der Waals surface area contributed by atoms with Crippen LogP contribution >= 0.6 is 27.3 Å². The minimum Gasteiger partial charge on any atom is -0.454 e. The summed E-state index contributed by atoms with van der Waals surface area (Å²) in [6.45, 7) is 3.23. The van der Waals surface area contributed by atoms with Gasteiger partial charge in [-0.2, -0.15) is 0 Å². The van der Waals surface area contributed by atoms with Crippen LogP contribution in [0.25, 0.3) is 0 Å². The predicted octanol–water partition coefficient (Wildman–Crippen LogP) is 3.88. The largest absolute Gasteiger partial charge is 0.454 e. The van der Waals surface area contributed by atoms with E-state index in [1.54, 1.807) is 11.3 Å². The SMILES string of the molecule is CCC(NCc1cc(Br)c2c(c1)OCO2)c1nccs1. The van der Waals surface area contributed by atoms with Crippen LogP contribution in [0.2, 0.25) is 0 Å². The quantitative estimate of drug-likeness (QED) is 0.884. The first-order valence-corrected chi connectivity index (χ1v) is 8.16. The number of thiazole rings is 1. The number of ether oxygens (including phenoxy) is 2. The van der Waals surface area contributed by atoms with Crippen LogP contribution in [0.1, 0.15) is 30.0 Å². The molecule has 3 rings (SSSR count). The van der Waals surface area contributed by atoms with E-state index in [1.807, 2.05) is 17.6 Å². The number of hydrogen-bond acceptors (Lipinski definition) is 5. The molecule has 0 saturated heterocycles. The van der Waals surface area contributed by atoms with Gasteiger partial charge in [-0.1, -0.05) is 6.92 Å². The molecule has 0 radical (unpaired) electrons. The van der Waals surface area contributed by atoms with Gasteiger partial charge in [0.05, 0.1) is 10.5 Å². The Labute approximate surface area is 130 Å². The third-order valence-corrected chi connectivity index (χ3v) is 4.68. The van der Waals surface area contributed by atoms with Gasteiger partial charge in [0.2, 0.25) is 6.79 Å². The molecule has 0 saturated carbocycles. The summed E-state index contributed by atoms with van der Waals surface area (Å²) in [6.07, 6.45) is 2.86. The number of nitrogens with zero attached hydrogens (tertiary/aromatic N) is 1. The Hall–Kier alpha value is -1.11. The average Bonchev–Trinajstić information content (AvgIpc) is 3.10. The van der Waals surface area contributed by atoms with E-state index in [0.717, 1.165) is 39.5 Å². The van der Waals surface area contributed by atoms with Crippen molar-refractivity contribution in [3.05, 3.63) is 38.8 Å². The molecule has 1 atom stereocenters. The molecular weight excluding hydrogens is 340 g/mol. The summed E-state index contributed by atoms with van der Waals surface area (Å²) < 4.78 is 11.8. The molecular formula is C14H15BrN2O2S. The number of nitrogens with one attached hydrogen (secondary N) is 1. The summed E-state index contributed by atoms with van der Waals surface area (Å²) in [5.41, 5.74) is 1.16. The number of halogens is 1. The zero-order chi connectivity index (χ0) is 13.9. The zero-order valence-corrected chi connectivity index (χ0v) is 13.5. The van der Waals surface area contributed by atoms with E-state index in [1.165, 1.54) is 0 Å². The summed E-state index contributed by atoms with van der Waals surface area (Å²) in [6, 6.07) is 4.38. The van der Waals surface area contributed by atoms with Crippen molar-refractivity contribution < 1.29 is 9.47 Å². The molecule has 106 valence electrons. The van der Waals surface area contributed by atoms with Crippen molar-refractivity contribution in [2.45, 2.75) is 25.9 Å². The standard InChI is InChI=1S/C14H15BrN2O2S/c1-2-11(14-16-3-4-20-14)17-7-9-5-10(15)13-12(6-9)18-8-19-13/h3-6,11,17H,2,7-8H2,1H3. The van der Waals surface area contributed by atoms with Gasteiger partial charge in [-0.25, -0.2) is 4.98 Å². The Kier molecular flexibility index (Phi) is 4.24. The average molecular weight is 355 g/mol. The summed E-state index contributed by atoms with van der Waals surface area (Å²) >= 11 is 5.20. The van der Waals surface area contributed by atoms with Crippen molar-refractivity contribution in [3.63, 3.8) is 0 Å². The lowest BCUT2D eigenvalue weighted by Crippen LogP contribution is -2.20. The topological polar surface area (TPSA) is 43.4 Å². The molecule has 1 aliphatic heterocycles. The highest BCUT2D eigenvalue weighted by Crippen LogP contribution is 2.40. The van der Waals surface area contributed by atoms with Crippen molar-refractivity contribution in [2.75, 3.05) is 6.79 Å². The first-order valence-electron chi connectivity index (χ1n) is 6.48. The summed E-state index contributed by atoms with van der Waals surface area (Å²) in [7, 11) is 0. The van der Waals surface area contributed by atoms with E-state index in [9.17, 15) is 0 Å². The fourth-order valence-corrected chi connectivity index (χ4v) is 3.58. The molecule has 1 aromatic heterocycles. The number of fused-ring (bicyclic) bond motifs is 1. The van der Waals surface area contributed by atoms with E-state index >= 15 is 0 Å². The van der Waals surface area contributed by atoms with Gasteiger partial charge in [0.15, 0.2) is 11.5 Å². The van der Waals surface area contributed by atoms with Crippen molar-refractivity contribution in [1.82, 2.24) is 10.3 Å². The highest BCUT2D eigenvalue weighted by molar-refractivity contribution is 9.10. The van der Waals surface area contributed by atoms with Crippen molar-refractivity contribution in [3.8, 4) is 11.5 Å². The number of benzene rings is 1. The van der Waals surface area contributed by atoms with Gasteiger partial charge in [0.25, 0.3) is 0 Å². The lowest BCUT2D eigenvalue weighted by atomic mass is 10.1. The summed E-state index contributed by atoms with van der Waals surface area (Å²) in [5.74, 6) is 1.60. The van der Waals surface area contributed by atoms with Crippen LogP contribution in [0.3, 0.4) is 0 Å². The fourth-order valence-electron chi connectivity index (χ4n) is 2.18. The molecule has 0 spiro atoms. The second-order valence-corrected chi connectivity index (χ2v) is 6.30. The Morgan fingerprint density at radius 2 is 2.35 bits per heavy atom. The third kappa shape index (κ3) is 2.82. The van der Waals surface area contributed by atoms with Gasteiger partial charge in [0.1, 0.15) is 5.01 Å². The molecule has 20 heavy (non-hydrogen) atoms. The van der Waals surface area contributed by atoms with Crippen LogP contribution in [0, 0.1) is 0 Å². The lowest BCUT2D eigenvalue weighted by molar-refractivity contribution is 0.173. The van der Waals surface area contributed by atoms with Crippen molar-refractivity contribution in [2.24, 2.45) is 0 Å². The number of aromatic nitrogens is 1. The van der Waals surface area contributed by atoms with Gasteiger partial charge < -0.3 is 14.8 Å². The normalized spacial score (nSPS) is 14.5. The minimum absolute atomic E-state index is 0.291. The lowest BCUT2D eigenvalue weighted by Gasteiger charge is -2.15. The Bertz CT molecular complexity index is 589. The van der Waals surface area contributed by atoms with E-state index in [-0.39, 0.29) is 0 Å². The molecule has 0 fully saturated rings. The molecule has 2 heterocycles.